The fourth-order valence-corrected chi connectivity index (χ4v) is 4.64. The van der Waals surface area contributed by atoms with Crippen molar-refractivity contribution in [2.24, 2.45) is 0 Å². The van der Waals surface area contributed by atoms with E-state index in [2.05, 4.69) is 9.88 Å². The van der Waals surface area contributed by atoms with Gasteiger partial charge in [-0.05, 0) is 61.4 Å². The third-order valence-corrected chi connectivity index (χ3v) is 6.64. The summed E-state index contributed by atoms with van der Waals surface area (Å²) >= 11 is 5.48. The van der Waals surface area contributed by atoms with Crippen LogP contribution in [0.4, 0.5) is 0 Å². The summed E-state index contributed by atoms with van der Waals surface area (Å²) in [7, 11) is 0. The van der Waals surface area contributed by atoms with Crippen LogP contribution in [0, 0.1) is 4.77 Å². The number of carbonyl (C=O) groups is 1. The molecule has 9 heteroatoms. The summed E-state index contributed by atoms with van der Waals surface area (Å²) in [5, 5.41) is 0.498. The van der Waals surface area contributed by atoms with Crippen molar-refractivity contribution in [2.45, 2.75) is 25.8 Å². The van der Waals surface area contributed by atoms with Gasteiger partial charge in [0.15, 0.2) is 22.1 Å². The van der Waals surface area contributed by atoms with Gasteiger partial charge in [0.2, 0.25) is 6.79 Å². The average molecular weight is 482 g/mol. The van der Waals surface area contributed by atoms with Crippen LogP contribution in [0.25, 0.3) is 10.9 Å². The largest absolute Gasteiger partial charge is 0.454 e. The fraction of sp³-hybridized carbons (Fsp3) is 0.400. The van der Waals surface area contributed by atoms with Crippen LogP contribution in [-0.4, -0.2) is 59.9 Å². The normalized spacial score (nSPS) is 15.6. The maximum absolute atomic E-state index is 13.2. The third-order valence-electron chi connectivity index (χ3n) is 6.31. The molecule has 1 saturated heterocycles. The molecule has 0 radical (unpaired) electrons. The van der Waals surface area contributed by atoms with Gasteiger partial charge in [0, 0.05) is 25.1 Å². The van der Waals surface area contributed by atoms with Crippen LogP contribution in [0.1, 0.15) is 35.2 Å². The minimum Gasteiger partial charge on any atom is -0.454 e. The van der Waals surface area contributed by atoms with E-state index < -0.39 is 0 Å². The average Bonchev–Trinajstić information content (AvgIpc) is 3.32. The van der Waals surface area contributed by atoms with Gasteiger partial charge in [0.25, 0.3) is 5.56 Å². The molecule has 2 aliphatic rings. The number of H-pyrrole nitrogens is 1. The number of aromatic amines is 1. The van der Waals surface area contributed by atoms with Gasteiger partial charge in [-0.3, -0.25) is 19.1 Å². The van der Waals surface area contributed by atoms with E-state index in [0.717, 1.165) is 51.3 Å². The summed E-state index contributed by atoms with van der Waals surface area (Å²) in [6.45, 7) is 5.00. The molecule has 2 aromatic carbocycles. The number of nitrogens with zero attached hydrogens (tertiary/aromatic N) is 2. The lowest BCUT2D eigenvalue weighted by Crippen LogP contribution is -2.36. The summed E-state index contributed by atoms with van der Waals surface area (Å²) in [6.07, 6.45) is 2.30. The number of ketones is 1. The van der Waals surface area contributed by atoms with Crippen molar-refractivity contribution in [3.05, 3.63) is 62.6 Å². The quantitative estimate of drug-likeness (QED) is 0.299. The molecule has 0 spiro atoms. The highest BCUT2D eigenvalue weighted by atomic mass is 32.1. The van der Waals surface area contributed by atoms with Gasteiger partial charge in [-0.2, -0.15) is 0 Å². The van der Waals surface area contributed by atoms with Crippen LogP contribution in [0.15, 0.2) is 41.2 Å². The van der Waals surface area contributed by atoms with E-state index in [1.54, 1.807) is 18.2 Å². The molecule has 0 amide bonds. The second kappa shape index (κ2) is 10.1. The van der Waals surface area contributed by atoms with E-state index in [-0.39, 0.29) is 18.1 Å². The Bertz CT molecular complexity index is 1330. The molecular formula is C25H27N3O5S. The summed E-state index contributed by atoms with van der Waals surface area (Å²) < 4.78 is 18.0. The molecule has 1 fully saturated rings. The van der Waals surface area contributed by atoms with E-state index in [4.69, 9.17) is 26.4 Å². The maximum atomic E-state index is 13.2. The molecule has 34 heavy (non-hydrogen) atoms. The minimum atomic E-state index is -0.194. The monoisotopic (exact) mass is 481 g/mol. The minimum absolute atomic E-state index is 0.0766. The van der Waals surface area contributed by atoms with Crippen LogP contribution in [0.3, 0.4) is 0 Å². The molecule has 0 aliphatic carbocycles. The number of aromatic nitrogens is 2. The van der Waals surface area contributed by atoms with Crippen LogP contribution in [-0.2, 0) is 11.3 Å². The maximum Gasteiger partial charge on any atom is 0.262 e. The highest BCUT2D eigenvalue weighted by Crippen LogP contribution is 2.32. The molecule has 0 atom stereocenters. The molecule has 2 aliphatic heterocycles. The number of hydrogen-bond acceptors (Lipinski definition) is 7. The Labute approximate surface area is 202 Å². The Morgan fingerprint density at radius 2 is 1.85 bits per heavy atom. The molecule has 0 saturated carbocycles. The second-order valence-electron chi connectivity index (χ2n) is 8.60. The van der Waals surface area contributed by atoms with E-state index in [9.17, 15) is 9.59 Å². The first kappa shape index (κ1) is 22.8. The van der Waals surface area contributed by atoms with Crippen molar-refractivity contribution in [2.75, 3.05) is 39.6 Å². The van der Waals surface area contributed by atoms with Gasteiger partial charge in [-0.15, -0.1) is 0 Å². The molecule has 3 aromatic rings. The van der Waals surface area contributed by atoms with Crippen molar-refractivity contribution in [3.63, 3.8) is 0 Å². The van der Waals surface area contributed by atoms with E-state index >= 15 is 0 Å². The summed E-state index contributed by atoms with van der Waals surface area (Å²) in [5.41, 5.74) is 1.86. The molecule has 1 aromatic heterocycles. The zero-order valence-electron chi connectivity index (χ0n) is 18.9. The molecule has 8 nitrogen and oxygen atoms in total. The summed E-state index contributed by atoms with van der Waals surface area (Å²) in [4.78, 5) is 31.4. The summed E-state index contributed by atoms with van der Waals surface area (Å²) in [5.74, 6) is 1.43. The lowest BCUT2D eigenvalue weighted by molar-refractivity contribution is 0.0371. The van der Waals surface area contributed by atoms with E-state index in [0.29, 0.717) is 45.7 Å². The fourth-order valence-electron chi connectivity index (χ4n) is 4.38. The second-order valence-corrected chi connectivity index (χ2v) is 8.99. The standard InChI is InChI=1S/C25H27N3O5S/c29-21(3-1-2-8-27-9-11-31-12-10-27)18-5-6-19-20(14-18)26-25(34)28(24(19)30)15-17-4-7-22-23(13-17)33-16-32-22/h4-7,13-14H,1-3,8-12,15-16H2,(H,26,34). The smallest absolute Gasteiger partial charge is 0.262 e. The molecule has 0 bridgehead atoms. The highest BCUT2D eigenvalue weighted by molar-refractivity contribution is 7.71. The van der Waals surface area contributed by atoms with Gasteiger partial charge in [0.05, 0.1) is 30.7 Å². The first-order valence-corrected chi connectivity index (χ1v) is 12.0. The number of rotatable bonds is 8. The number of fused-ring (bicyclic) bond motifs is 2. The van der Waals surface area contributed by atoms with Crippen molar-refractivity contribution in [1.82, 2.24) is 14.5 Å². The van der Waals surface area contributed by atoms with Gasteiger partial charge in [-0.25, -0.2) is 0 Å². The van der Waals surface area contributed by atoms with Crippen molar-refractivity contribution >= 4 is 28.9 Å². The molecule has 1 N–H and O–H groups in total. The lowest BCUT2D eigenvalue weighted by atomic mass is 10.0. The lowest BCUT2D eigenvalue weighted by Gasteiger charge is -2.26. The van der Waals surface area contributed by atoms with Crippen LogP contribution in [0.2, 0.25) is 0 Å². The van der Waals surface area contributed by atoms with E-state index in [1.165, 1.54) is 4.57 Å². The molecule has 0 unspecified atom stereocenters. The Hall–Kier alpha value is -3.01. The number of carbonyl (C=O) groups excluding carboxylic acids is 1. The van der Waals surface area contributed by atoms with Gasteiger partial charge in [-0.1, -0.05) is 12.1 Å². The van der Waals surface area contributed by atoms with Crippen molar-refractivity contribution in [1.29, 1.82) is 0 Å². The van der Waals surface area contributed by atoms with Crippen LogP contribution in [0.5, 0.6) is 11.5 Å². The number of morpholine rings is 1. The Morgan fingerprint density at radius 1 is 1.03 bits per heavy atom. The van der Waals surface area contributed by atoms with Gasteiger partial charge in [0.1, 0.15) is 0 Å². The molecule has 3 heterocycles. The van der Waals surface area contributed by atoms with Crippen molar-refractivity contribution in [3.8, 4) is 11.5 Å². The van der Waals surface area contributed by atoms with E-state index in [1.807, 2.05) is 18.2 Å². The predicted octanol–water partition coefficient (Wildman–Crippen LogP) is 3.52. The number of hydrogen-bond donors (Lipinski definition) is 1. The Balaban J connectivity index is 1.27. The number of benzene rings is 2. The number of ether oxygens (including phenoxy) is 3. The SMILES string of the molecule is O=C(CCCCN1CCOCC1)c1ccc2c(=O)n(Cc3ccc4c(c3)OCO4)c(=S)[nH]c2c1. The number of Topliss-reactive ketones (excluding diaryl/α,β-unsaturated/α-hetero) is 1. The zero-order valence-corrected chi connectivity index (χ0v) is 19.7. The van der Waals surface area contributed by atoms with Crippen LogP contribution < -0.4 is 15.0 Å². The number of unbranched alkanes of at least 4 members (excludes halogenated alkanes) is 1. The molecule has 178 valence electrons. The molecular weight excluding hydrogens is 454 g/mol. The zero-order chi connectivity index (χ0) is 23.5. The third kappa shape index (κ3) is 4.91. The highest BCUT2D eigenvalue weighted by Gasteiger charge is 2.15. The Morgan fingerprint density at radius 3 is 2.71 bits per heavy atom. The molecule has 5 rings (SSSR count). The first-order chi connectivity index (χ1) is 16.6. The van der Waals surface area contributed by atoms with Crippen LogP contribution >= 0.6 is 12.2 Å². The first-order valence-electron chi connectivity index (χ1n) is 11.6. The summed E-state index contributed by atoms with van der Waals surface area (Å²) in [6, 6.07) is 10.8. The Kier molecular flexibility index (Phi) is 6.75. The predicted molar refractivity (Wildman–Crippen MR) is 131 cm³/mol. The number of nitrogens with one attached hydrogen (secondary N) is 1. The topological polar surface area (TPSA) is 85.8 Å². The van der Waals surface area contributed by atoms with Gasteiger partial charge >= 0.3 is 0 Å². The van der Waals surface area contributed by atoms with Crippen molar-refractivity contribution < 1.29 is 19.0 Å². The van der Waals surface area contributed by atoms with Gasteiger partial charge < -0.3 is 19.2 Å².